The summed E-state index contributed by atoms with van der Waals surface area (Å²) in [5.41, 5.74) is 0. The lowest BCUT2D eigenvalue weighted by Crippen LogP contribution is -2.31. The Labute approximate surface area is 88.3 Å². The van der Waals surface area contributed by atoms with Crippen molar-refractivity contribution in [1.82, 2.24) is 4.90 Å². The van der Waals surface area contributed by atoms with Crippen molar-refractivity contribution in [3.8, 4) is 0 Å². The minimum Gasteiger partial charge on any atom is -0.392 e. The highest BCUT2D eigenvalue weighted by molar-refractivity contribution is 4.85. The number of nitrogens with zero attached hydrogens (tertiary/aromatic N) is 1. The molecule has 0 aromatic heterocycles. The molecule has 0 saturated carbocycles. The quantitative estimate of drug-likeness (QED) is 0.734. The Morgan fingerprint density at radius 2 is 2.14 bits per heavy atom. The maximum atomic E-state index is 9.64. The van der Waals surface area contributed by atoms with Gasteiger partial charge in [-0.05, 0) is 31.7 Å². The van der Waals surface area contributed by atoms with Crippen LogP contribution in [-0.2, 0) is 0 Å². The zero-order valence-corrected chi connectivity index (χ0v) is 9.87. The molecule has 1 rings (SSSR count). The van der Waals surface area contributed by atoms with E-state index in [1.807, 2.05) is 0 Å². The maximum Gasteiger partial charge on any atom is 0.0682 e. The van der Waals surface area contributed by atoms with Gasteiger partial charge in [0.05, 0.1) is 6.10 Å². The van der Waals surface area contributed by atoms with Crippen molar-refractivity contribution in [2.45, 2.75) is 58.6 Å². The van der Waals surface area contributed by atoms with E-state index in [0.717, 1.165) is 18.9 Å². The summed E-state index contributed by atoms with van der Waals surface area (Å²) in [5.74, 6) is 0.745. The molecule has 0 radical (unpaired) electrons. The number of hydrogen-bond acceptors (Lipinski definition) is 2. The van der Waals surface area contributed by atoms with Crippen LogP contribution in [0.15, 0.2) is 0 Å². The smallest absolute Gasteiger partial charge is 0.0682 e. The minimum absolute atomic E-state index is 0.0735. The van der Waals surface area contributed by atoms with Crippen molar-refractivity contribution in [3.05, 3.63) is 0 Å². The summed E-state index contributed by atoms with van der Waals surface area (Å²) >= 11 is 0. The highest BCUT2D eigenvalue weighted by Crippen LogP contribution is 2.23. The topological polar surface area (TPSA) is 23.5 Å². The molecule has 2 atom stereocenters. The summed E-state index contributed by atoms with van der Waals surface area (Å²) in [6, 6.07) is 0.636. The molecule has 0 spiro atoms. The zero-order chi connectivity index (χ0) is 10.6. The van der Waals surface area contributed by atoms with Gasteiger partial charge in [0.2, 0.25) is 0 Å². The van der Waals surface area contributed by atoms with Gasteiger partial charge in [0, 0.05) is 12.6 Å². The third-order valence-electron chi connectivity index (χ3n) is 3.05. The van der Waals surface area contributed by atoms with Gasteiger partial charge in [-0.2, -0.15) is 0 Å². The minimum atomic E-state index is -0.0735. The van der Waals surface area contributed by atoms with Crippen LogP contribution in [-0.4, -0.2) is 35.2 Å². The summed E-state index contributed by atoms with van der Waals surface area (Å²) in [6.07, 6.45) is 4.67. The Bertz CT molecular complexity index is 158. The average Bonchev–Trinajstić information content (AvgIpc) is 2.41. The zero-order valence-electron chi connectivity index (χ0n) is 9.87. The maximum absolute atomic E-state index is 9.64. The molecule has 1 aliphatic rings. The van der Waals surface area contributed by atoms with Gasteiger partial charge in [0.25, 0.3) is 0 Å². The van der Waals surface area contributed by atoms with Gasteiger partial charge in [-0.25, -0.2) is 0 Å². The molecule has 1 N–H and O–H groups in total. The second-order valence-corrected chi connectivity index (χ2v) is 5.02. The first-order valence-corrected chi connectivity index (χ1v) is 6.05. The van der Waals surface area contributed by atoms with Gasteiger partial charge in [-0.1, -0.05) is 27.2 Å². The first-order valence-electron chi connectivity index (χ1n) is 6.05. The predicted molar refractivity (Wildman–Crippen MR) is 60.3 cm³/mol. The van der Waals surface area contributed by atoms with Crippen LogP contribution in [0.3, 0.4) is 0 Å². The van der Waals surface area contributed by atoms with Gasteiger partial charge in [-0.3, -0.25) is 4.90 Å². The lowest BCUT2D eigenvalue weighted by Gasteiger charge is -2.25. The molecular formula is C12H25NO. The van der Waals surface area contributed by atoms with E-state index in [9.17, 15) is 5.11 Å². The van der Waals surface area contributed by atoms with E-state index < -0.39 is 0 Å². The highest BCUT2D eigenvalue weighted by atomic mass is 16.3. The molecule has 0 aromatic rings. The first kappa shape index (κ1) is 12.0. The summed E-state index contributed by atoms with van der Waals surface area (Å²) in [5, 5.41) is 9.64. The van der Waals surface area contributed by atoms with E-state index in [-0.39, 0.29) is 6.10 Å². The molecule has 0 bridgehead atoms. The van der Waals surface area contributed by atoms with E-state index in [1.54, 1.807) is 0 Å². The molecule has 1 aliphatic heterocycles. The van der Waals surface area contributed by atoms with Gasteiger partial charge in [0.15, 0.2) is 0 Å². The fraction of sp³-hybridized carbons (Fsp3) is 1.00. The van der Waals surface area contributed by atoms with E-state index in [0.29, 0.717) is 6.04 Å². The molecular weight excluding hydrogens is 174 g/mol. The molecule has 0 unspecified atom stereocenters. The fourth-order valence-corrected chi connectivity index (χ4v) is 2.38. The second-order valence-electron chi connectivity index (χ2n) is 5.02. The van der Waals surface area contributed by atoms with Gasteiger partial charge < -0.3 is 5.11 Å². The van der Waals surface area contributed by atoms with E-state index in [2.05, 4.69) is 25.7 Å². The molecule has 1 fully saturated rings. The normalized spacial score (nSPS) is 28.9. The van der Waals surface area contributed by atoms with Crippen LogP contribution in [0.25, 0.3) is 0 Å². The van der Waals surface area contributed by atoms with Crippen LogP contribution in [0, 0.1) is 5.92 Å². The lowest BCUT2D eigenvalue weighted by atomic mass is 10.0. The molecule has 0 aliphatic carbocycles. The fourth-order valence-electron chi connectivity index (χ4n) is 2.38. The van der Waals surface area contributed by atoms with E-state index >= 15 is 0 Å². The Kier molecular flexibility index (Phi) is 4.90. The van der Waals surface area contributed by atoms with Crippen molar-refractivity contribution < 1.29 is 5.11 Å². The monoisotopic (exact) mass is 199 g/mol. The van der Waals surface area contributed by atoms with Gasteiger partial charge in [0.1, 0.15) is 0 Å². The van der Waals surface area contributed by atoms with Crippen LogP contribution in [0.4, 0.5) is 0 Å². The van der Waals surface area contributed by atoms with Crippen LogP contribution in [0.1, 0.15) is 46.5 Å². The number of aliphatic hydroxyl groups is 1. The third kappa shape index (κ3) is 3.58. The number of β-amino-alcohol motifs (C(OH)–C–C–N with tert-alkyl or cyclic N) is 1. The lowest BCUT2D eigenvalue weighted by molar-refractivity contribution is 0.173. The number of rotatable bonds is 5. The van der Waals surface area contributed by atoms with Crippen LogP contribution in [0.5, 0.6) is 0 Å². The molecule has 0 aromatic carbocycles. The van der Waals surface area contributed by atoms with Crippen molar-refractivity contribution >= 4 is 0 Å². The average molecular weight is 199 g/mol. The van der Waals surface area contributed by atoms with Crippen molar-refractivity contribution in [2.75, 3.05) is 13.1 Å². The summed E-state index contributed by atoms with van der Waals surface area (Å²) in [4.78, 5) is 2.48. The number of aliphatic hydroxyl groups excluding tert-OH is 1. The molecule has 1 heterocycles. The number of likely N-dealkylation sites (tertiary alicyclic amines) is 1. The molecule has 0 amide bonds. The Balaban J connectivity index is 2.37. The number of unbranched alkanes of at least 4 members (excludes halogenated alkanes) is 1. The van der Waals surface area contributed by atoms with Gasteiger partial charge in [-0.15, -0.1) is 0 Å². The SMILES string of the molecule is CCCCN1C[C@@H](O)C[C@@H]1CC(C)C. The third-order valence-corrected chi connectivity index (χ3v) is 3.05. The molecule has 2 nitrogen and oxygen atoms in total. The second kappa shape index (κ2) is 5.72. The molecule has 2 heteroatoms. The van der Waals surface area contributed by atoms with Crippen molar-refractivity contribution in [3.63, 3.8) is 0 Å². The highest BCUT2D eigenvalue weighted by Gasteiger charge is 2.30. The van der Waals surface area contributed by atoms with Crippen LogP contribution in [0.2, 0.25) is 0 Å². The Morgan fingerprint density at radius 1 is 1.43 bits per heavy atom. The summed E-state index contributed by atoms with van der Waals surface area (Å²) in [7, 11) is 0. The van der Waals surface area contributed by atoms with Crippen LogP contribution < -0.4 is 0 Å². The summed E-state index contributed by atoms with van der Waals surface area (Å²) in [6.45, 7) is 8.83. The Morgan fingerprint density at radius 3 is 2.71 bits per heavy atom. The predicted octanol–water partition coefficient (Wildman–Crippen LogP) is 2.27. The standard InChI is InChI=1S/C12H25NO/c1-4-5-6-13-9-12(14)8-11(13)7-10(2)3/h10-12,14H,4-9H2,1-3H3/t11-,12-/m0/s1. The first-order chi connectivity index (χ1) is 6.63. The number of hydrogen-bond donors (Lipinski definition) is 1. The molecule has 14 heavy (non-hydrogen) atoms. The molecule has 84 valence electrons. The Hall–Kier alpha value is -0.0800. The molecule has 1 saturated heterocycles. The summed E-state index contributed by atoms with van der Waals surface area (Å²) < 4.78 is 0. The van der Waals surface area contributed by atoms with Gasteiger partial charge >= 0.3 is 0 Å². The van der Waals surface area contributed by atoms with E-state index in [4.69, 9.17) is 0 Å². The van der Waals surface area contributed by atoms with Crippen molar-refractivity contribution in [1.29, 1.82) is 0 Å². The largest absolute Gasteiger partial charge is 0.392 e. The van der Waals surface area contributed by atoms with E-state index in [1.165, 1.54) is 25.8 Å². The van der Waals surface area contributed by atoms with Crippen LogP contribution >= 0.6 is 0 Å². The van der Waals surface area contributed by atoms with Crippen molar-refractivity contribution in [2.24, 2.45) is 5.92 Å².